The number of sulfonamides is 1. The van der Waals surface area contributed by atoms with E-state index in [9.17, 15) is 8.42 Å². The number of aromatic amines is 1. The molecule has 2 atom stereocenters. The molecule has 1 aromatic rings. The molecule has 1 aliphatic carbocycles. The third-order valence-corrected chi connectivity index (χ3v) is 6.31. The summed E-state index contributed by atoms with van der Waals surface area (Å²) in [6, 6.07) is 0.0405. The number of H-pyrrole nitrogens is 1. The molecule has 1 fully saturated rings. The van der Waals surface area contributed by atoms with E-state index in [1.807, 2.05) is 6.26 Å². The van der Waals surface area contributed by atoms with Gasteiger partial charge in [-0.3, -0.25) is 5.10 Å². The number of thioether (sulfide) groups is 1. The predicted octanol–water partition coefficient (Wildman–Crippen LogP) is 1.59. The van der Waals surface area contributed by atoms with Crippen LogP contribution in [0.4, 0.5) is 0 Å². The molecule has 1 aliphatic rings. The zero-order chi connectivity index (χ0) is 13.3. The Kier molecular flexibility index (Phi) is 4.03. The Labute approximate surface area is 112 Å². The molecule has 1 aromatic heterocycles. The van der Waals surface area contributed by atoms with Crippen LogP contribution in [0.5, 0.6) is 0 Å². The second-order valence-corrected chi connectivity index (χ2v) is 7.42. The molecule has 5 nitrogen and oxygen atoms in total. The fourth-order valence-electron chi connectivity index (χ4n) is 2.54. The van der Waals surface area contributed by atoms with E-state index in [2.05, 4.69) is 14.9 Å². The van der Waals surface area contributed by atoms with Crippen molar-refractivity contribution in [2.24, 2.45) is 0 Å². The maximum Gasteiger partial charge on any atom is 0.244 e. The van der Waals surface area contributed by atoms with Gasteiger partial charge in [0, 0.05) is 11.3 Å². The largest absolute Gasteiger partial charge is 0.281 e. The van der Waals surface area contributed by atoms with E-state index in [1.54, 1.807) is 25.6 Å². The van der Waals surface area contributed by atoms with Crippen LogP contribution in [0.1, 0.15) is 30.7 Å². The van der Waals surface area contributed by atoms with Crippen LogP contribution in [0, 0.1) is 13.8 Å². The molecule has 2 unspecified atom stereocenters. The van der Waals surface area contributed by atoms with Gasteiger partial charge in [-0.25, -0.2) is 13.1 Å². The minimum absolute atomic E-state index is 0.0405. The van der Waals surface area contributed by atoms with Crippen LogP contribution in [0.2, 0.25) is 0 Å². The molecule has 0 bridgehead atoms. The SMILES string of the molecule is CSC1CCCC1NS(=O)(=O)c1c(C)n[nH]c1C. The van der Waals surface area contributed by atoms with E-state index in [1.165, 1.54) is 0 Å². The average molecular weight is 289 g/mol. The molecule has 0 saturated heterocycles. The van der Waals surface area contributed by atoms with Crippen molar-refractivity contribution in [3.8, 4) is 0 Å². The summed E-state index contributed by atoms with van der Waals surface area (Å²) in [5, 5.41) is 7.05. The number of hydrogen-bond donors (Lipinski definition) is 2. The molecular formula is C11H19N3O2S2. The monoisotopic (exact) mass is 289 g/mol. The molecule has 1 saturated carbocycles. The highest BCUT2D eigenvalue weighted by molar-refractivity contribution is 7.99. The zero-order valence-electron chi connectivity index (χ0n) is 10.9. The van der Waals surface area contributed by atoms with Crippen molar-refractivity contribution in [2.45, 2.75) is 49.3 Å². The first-order chi connectivity index (χ1) is 8.45. The second-order valence-electron chi connectivity index (χ2n) is 4.70. The zero-order valence-corrected chi connectivity index (χ0v) is 12.5. The third-order valence-electron chi connectivity index (χ3n) is 3.39. The summed E-state index contributed by atoms with van der Waals surface area (Å²) in [6.07, 6.45) is 5.12. The van der Waals surface area contributed by atoms with Gasteiger partial charge >= 0.3 is 0 Å². The van der Waals surface area contributed by atoms with Gasteiger partial charge in [0.2, 0.25) is 10.0 Å². The summed E-state index contributed by atoms with van der Waals surface area (Å²) < 4.78 is 27.6. The minimum Gasteiger partial charge on any atom is -0.281 e. The quantitative estimate of drug-likeness (QED) is 0.882. The Morgan fingerprint density at radius 3 is 2.67 bits per heavy atom. The molecule has 7 heteroatoms. The fourth-order valence-corrected chi connectivity index (χ4v) is 5.24. The van der Waals surface area contributed by atoms with Gasteiger partial charge in [0.15, 0.2) is 0 Å². The van der Waals surface area contributed by atoms with Gasteiger partial charge in [-0.2, -0.15) is 16.9 Å². The van der Waals surface area contributed by atoms with Crippen LogP contribution in [0.15, 0.2) is 4.90 Å². The Morgan fingerprint density at radius 1 is 1.39 bits per heavy atom. The molecule has 0 radical (unpaired) electrons. The third kappa shape index (κ3) is 2.57. The maximum atomic E-state index is 12.4. The van der Waals surface area contributed by atoms with Gasteiger partial charge in [-0.15, -0.1) is 0 Å². The van der Waals surface area contributed by atoms with Crippen LogP contribution in [0.3, 0.4) is 0 Å². The highest BCUT2D eigenvalue weighted by Gasteiger charge is 2.32. The van der Waals surface area contributed by atoms with E-state index < -0.39 is 10.0 Å². The highest BCUT2D eigenvalue weighted by Crippen LogP contribution is 2.30. The lowest BCUT2D eigenvalue weighted by atomic mass is 10.3. The first-order valence-corrected chi connectivity index (χ1v) is 8.79. The fraction of sp³-hybridized carbons (Fsp3) is 0.727. The van der Waals surface area contributed by atoms with Crippen molar-refractivity contribution in [3.63, 3.8) is 0 Å². The Bertz CT molecular complexity index is 505. The number of nitrogens with one attached hydrogen (secondary N) is 2. The van der Waals surface area contributed by atoms with Crippen LogP contribution in [-0.2, 0) is 10.0 Å². The van der Waals surface area contributed by atoms with Crippen molar-refractivity contribution >= 4 is 21.8 Å². The maximum absolute atomic E-state index is 12.4. The summed E-state index contributed by atoms with van der Waals surface area (Å²) in [6.45, 7) is 3.44. The number of aromatic nitrogens is 2. The lowest BCUT2D eigenvalue weighted by molar-refractivity contribution is 0.554. The van der Waals surface area contributed by atoms with Gasteiger partial charge in [-0.05, 0) is 32.9 Å². The molecule has 0 aromatic carbocycles. The standard InChI is InChI=1S/C11H19N3O2S2/c1-7-11(8(2)13-12-7)18(15,16)14-9-5-4-6-10(9)17-3/h9-10,14H,4-6H2,1-3H3,(H,12,13). The smallest absolute Gasteiger partial charge is 0.244 e. The molecule has 2 rings (SSSR count). The molecule has 0 aliphatic heterocycles. The topological polar surface area (TPSA) is 74.8 Å². The van der Waals surface area contributed by atoms with Crippen LogP contribution < -0.4 is 4.72 Å². The van der Waals surface area contributed by atoms with Gasteiger partial charge in [-0.1, -0.05) is 6.42 Å². The Balaban J connectivity index is 2.23. The van der Waals surface area contributed by atoms with Gasteiger partial charge < -0.3 is 0 Å². The van der Waals surface area contributed by atoms with Gasteiger partial charge in [0.1, 0.15) is 4.90 Å². The van der Waals surface area contributed by atoms with Gasteiger partial charge in [0.25, 0.3) is 0 Å². The number of rotatable bonds is 4. The van der Waals surface area contributed by atoms with Crippen LogP contribution in [-0.4, -0.2) is 36.2 Å². The van der Waals surface area contributed by atoms with E-state index in [0.29, 0.717) is 21.5 Å². The van der Waals surface area contributed by atoms with Crippen molar-refractivity contribution in [1.82, 2.24) is 14.9 Å². The lowest BCUT2D eigenvalue weighted by Gasteiger charge is -2.19. The van der Waals surface area contributed by atoms with E-state index >= 15 is 0 Å². The minimum atomic E-state index is -3.46. The second kappa shape index (κ2) is 5.22. The molecule has 0 amide bonds. The summed E-state index contributed by atoms with van der Waals surface area (Å²) >= 11 is 1.74. The van der Waals surface area contributed by atoms with E-state index in [4.69, 9.17) is 0 Å². The molecule has 18 heavy (non-hydrogen) atoms. The summed E-state index contributed by atoms with van der Waals surface area (Å²) in [5.41, 5.74) is 1.12. The Hall–Kier alpha value is -0.530. The normalized spacial score (nSPS) is 24.6. The van der Waals surface area contributed by atoms with Crippen molar-refractivity contribution < 1.29 is 8.42 Å². The molecule has 2 N–H and O–H groups in total. The number of hydrogen-bond acceptors (Lipinski definition) is 4. The molecule has 102 valence electrons. The van der Waals surface area contributed by atoms with Crippen LogP contribution >= 0.6 is 11.8 Å². The first kappa shape index (κ1) is 13.9. The summed E-state index contributed by atoms with van der Waals surface area (Å²) in [5.74, 6) is 0. The van der Waals surface area contributed by atoms with Crippen molar-refractivity contribution in [2.75, 3.05) is 6.26 Å². The lowest BCUT2D eigenvalue weighted by Crippen LogP contribution is -2.38. The summed E-state index contributed by atoms with van der Waals surface area (Å²) in [4.78, 5) is 0.300. The Morgan fingerprint density at radius 2 is 2.11 bits per heavy atom. The predicted molar refractivity (Wildman–Crippen MR) is 73.3 cm³/mol. The van der Waals surface area contributed by atoms with Crippen LogP contribution in [0.25, 0.3) is 0 Å². The molecular weight excluding hydrogens is 270 g/mol. The summed E-state index contributed by atoms with van der Waals surface area (Å²) in [7, 11) is -3.46. The van der Waals surface area contributed by atoms with E-state index in [0.717, 1.165) is 19.3 Å². The highest BCUT2D eigenvalue weighted by atomic mass is 32.2. The average Bonchev–Trinajstić information content (AvgIpc) is 2.85. The van der Waals surface area contributed by atoms with Gasteiger partial charge in [0.05, 0.1) is 11.4 Å². The molecule has 0 spiro atoms. The molecule has 1 heterocycles. The first-order valence-electron chi connectivity index (χ1n) is 6.02. The number of nitrogens with zero attached hydrogens (tertiary/aromatic N) is 1. The van der Waals surface area contributed by atoms with E-state index in [-0.39, 0.29) is 6.04 Å². The van der Waals surface area contributed by atoms with Crippen molar-refractivity contribution in [3.05, 3.63) is 11.4 Å². The van der Waals surface area contributed by atoms with Crippen molar-refractivity contribution in [1.29, 1.82) is 0 Å². The number of aryl methyl sites for hydroxylation is 2.